The van der Waals surface area contributed by atoms with Crippen LogP contribution < -0.4 is 4.72 Å². The van der Waals surface area contributed by atoms with Crippen LogP contribution in [-0.2, 0) is 21.4 Å². The topological polar surface area (TPSA) is 107 Å². The van der Waals surface area contributed by atoms with Crippen LogP contribution in [0, 0.1) is 0 Å². The second-order valence-electron chi connectivity index (χ2n) is 7.87. The van der Waals surface area contributed by atoms with Crippen molar-refractivity contribution in [2.75, 3.05) is 43.8 Å². The van der Waals surface area contributed by atoms with E-state index in [4.69, 9.17) is 33.3 Å². The Morgan fingerprint density at radius 3 is 2.52 bits per heavy atom. The molecule has 1 saturated heterocycles. The molecule has 1 amide bonds. The lowest BCUT2D eigenvalue weighted by molar-refractivity contribution is -0.136. The predicted octanol–water partition coefficient (Wildman–Crippen LogP) is 2.32. The third-order valence-electron chi connectivity index (χ3n) is 5.44. The molecular formula is C21H23Cl2N5O4S. The fraction of sp³-hybridized carbons (Fsp3) is 0.333. The molecule has 1 fully saturated rings. The van der Waals surface area contributed by atoms with Crippen LogP contribution in [0.3, 0.4) is 0 Å². The van der Waals surface area contributed by atoms with Crippen molar-refractivity contribution >= 4 is 50.5 Å². The minimum absolute atomic E-state index is 0.283. The molecule has 0 radical (unpaired) electrons. The Kier molecular flexibility index (Phi) is 6.83. The van der Waals surface area contributed by atoms with E-state index >= 15 is 0 Å². The fourth-order valence-corrected chi connectivity index (χ4v) is 4.93. The quantitative estimate of drug-likeness (QED) is 0.525. The van der Waals surface area contributed by atoms with Crippen molar-refractivity contribution < 1.29 is 18.3 Å². The minimum Gasteiger partial charge on any atom is -0.387 e. The highest BCUT2D eigenvalue weighted by molar-refractivity contribution is 7.92. The number of hydrogen-bond donors (Lipinski definition) is 2. The number of pyridine rings is 1. The molecule has 1 aliphatic rings. The van der Waals surface area contributed by atoms with E-state index in [1.165, 1.54) is 0 Å². The standard InChI is InChI=1S/C21H23Cl2N5O4S/c1-33(31,32)25-15-3-5-19-24-21(16-4-2-14(22)10-17(16)23)18(28(19)11-15)12-26-6-8-27(9-7-26)20(30)13-29/h2-5,10-11,25,29H,6-9,12-13H2,1H3. The normalized spacial score (nSPS) is 15.2. The molecule has 3 heterocycles. The number of halogens is 2. The highest BCUT2D eigenvalue weighted by atomic mass is 35.5. The largest absolute Gasteiger partial charge is 0.387 e. The lowest BCUT2D eigenvalue weighted by atomic mass is 10.1. The van der Waals surface area contributed by atoms with Gasteiger partial charge in [0.05, 0.1) is 28.4 Å². The maximum Gasteiger partial charge on any atom is 0.248 e. The molecule has 3 aromatic rings. The number of nitrogens with zero attached hydrogens (tertiary/aromatic N) is 4. The van der Waals surface area contributed by atoms with Gasteiger partial charge < -0.3 is 10.0 Å². The number of aliphatic hydroxyl groups is 1. The fourth-order valence-electron chi connectivity index (χ4n) is 3.88. The van der Waals surface area contributed by atoms with Gasteiger partial charge in [-0.25, -0.2) is 13.4 Å². The van der Waals surface area contributed by atoms with Crippen LogP contribution in [0.2, 0.25) is 10.0 Å². The lowest BCUT2D eigenvalue weighted by Crippen LogP contribution is -2.49. The molecule has 0 saturated carbocycles. The van der Waals surface area contributed by atoms with Gasteiger partial charge in [-0.05, 0) is 30.3 Å². The third kappa shape index (κ3) is 5.42. The molecule has 0 spiro atoms. The van der Waals surface area contributed by atoms with Gasteiger partial charge in [0, 0.05) is 49.5 Å². The van der Waals surface area contributed by atoms with Crippen molar-refractivity contribution in [2.24, 2.45) is 0 Å². The van der Waals surface area contributed by atoms with E-state index in [0.29, 0.717) is 65.4 Å². The van der Waals surface area contributed by atoms with Gasteiger partial charge in [0.1, 0.15) is 12.3 Å². The molecule has 1 aliphatic heterocycles. The molecule has 2 N–H and O–H groups in total. The zero-order valence-corrected chi connectivity index (χ0v) is 20.2. The second kappa shape index (κ2) is 9.47. The first kappa shape index (κ1) is 23.8. The van der Waals surface area contributed by atoms with Crippen molar-refractivity contribution in [3.8, 4) is 11.3 Å². The number of imidazole rings is 1. The molecular weight excluding hydrogens is 489 g/mol. The van der Waals surface area contributed by atoms with Crippen LogP contribution in [0.4, 0.5) is 5.69 Å². The van der Waals surface area contributed by atoms with E-state index in [1.807, 2.05) is 10.5 Å². The van der Waals surface area contributed by atoms with Gasteiger partial charge in [0.15, 0.2) is 0 Å². The van der Waals surface area contributed by atoms with Crippen molar-refractivity contribution in [3.05, 3.63) is 52.3 Å². The SMILES string of the molecule is CS(=O)(=O)Nc1ccc2nc(-c3ccc(Cl)cc3Cl)c(CN3CCN(C(=O)CO)CC3)n2c1. The van der Waals surface area contributed by atoms with Gasteiger partial charge >= 0.3 is 0 Å². The first-order chi connectivity index (χ1) is 15.6. The predicted molar refractivity (Wildman–Crippen MR) is 128 cm³/mol. The maximum atomic E-state index is 11.8. The summed E-state index contributed by atoms with van der Waals surface area (Å²) in [4.78, 5) is 20.4. The number of carbonyl (C=O) groups excluding carboxylic acids is 1. The highest BCUT2D eigenvalue weighted by Gasteiger charge is 2.24. The molecule has 176 valence electrons. The van der Waals surface area contributed by atoms with E-state index in [0.717, 1.165) is 11.9 Å². The van der Waals surface area contributed by atoms with Gasteiger partial charge in [-0.1, -0.05) is 23.2 Å². The number of nitrogens with one attached hydrogen (secondary N) is 1. The number of amides is 1. The van der Waals surface area contributed by atoms with E-state index in [1.54, 1.807) is 35.4 Å². The molecule has 0 aliphatic carbocycles. The Bertz CT molecular complexity index is 1300. The number of aromatic nitrogens is 2. The van der Waals surface area contributed by atoms with Crippen LogP contribution >= 0.6 is 23.2 Å². The van der Waals surface area contributed by atoms with Gasteiger partial charge in [-0.3, -0.25) is 18.8 Å². The summed E-state index contributed by atoms with van der Waals surface area (Å²) in [5.41, 5.74) is 3.26. The molecule has 12 heteroatoms. The van der Waals surface area contributed by atoms with Gasteiger partial charge in [0.25, 0.3) is 0 Å². The first-order valence-electron chi connectivity index (χ1n) is 10.2. The summed E-state index contributed by atoms with van der Waals surface area (Å²) in [6.45, 7) is 2.26. The summed E-state index contributed by atoms with van der Waals surface area (Å²) in [5.74, 6) is -0.283. The average Bonchev–Trinajstić information content (AvgIpc) is 3.10. The molecule has 0 unspecified atom stereocenters. The molecule has 2 aromatic heterocycles. The summed E-state index contributed by atoms with van der Waals surface area (Å²) < 4.78 is 27.8. The highest BCUT2D eigenvalue weighted by Crippen LogP contribution is 2.34. The molecule has 9 nitrogen and oxygen atoms in total. The Morgan fingerprint density at radius 2 is 1.88 bits per heavy atom. The summed E-state index contributed by atoms with van der Waals surface area (Å²) in [7, 11) is -3.45. The van der Waals surface area contributed by atoms with Crippen LogP contribution in [0.1, 0.15) is 5.69 Å². The summed E-state index contributed by atoms with van der Waals surface area (Å²) in [5, 5.41) is 10.1. The van der Waals surface area contributed by atoms with E-state index in [9.17, 15) is 13.2 Å². The van der Waals surface area contributed by atoms with Crippen molar-refractivity contribution in [2.45, 2.75) is 6.54 Å². The molecule has 33 heavy (non-hydrogen) atoms. The lowest BCUT2D eigenvalue weighted by Gasteiger charge is -2.34. The van der Waals surface area contributed by atoms with E-state index < -0.39 is 16.6 Å². The summed E-state index contributed by atoms with van der Waals surface area (Å²) >= 11 is 12.6. The zero-order chi connectivity index (χ0) is 23.8. The Balaban J connectivity index is 1.74. The number of fused-ring (bicyclic) bond motifs is 1. The molecule has 0 bridgehead atoms. The van der Waals surface area contributed by atoms with Crippen LogP contribution in [0.25, 0.3) is 16.9 Å². The number of benzene rings is 1. The van der Waals surface area contributed by atoms with Crippen LogP contribution in [-0.4, -0.2) is 77.7 Å². The minimum atomic E-state index is -3.45. The van der Waals surface area contributed by atoms with E-state index in [2.05, 4.69) is 9.62 Å². The number of piperazine rings is 1. The van der Waals surface area contributed by atoms with Crippen molar-refractivity contribution in [1.29, 1.82) is 0 Å². The number of hydrogen-bond acceptors (Lipinski definition) is 6. The molecule has 1 aromatic carbocycles. The monoisotopic (exact) mass is 511 g/mol. The zero-order valence-electron chi connectivity index (χ0n) is 17.8. The van der Waals surface area contributed by atoms with Crippen LogP contribution in [0.15, 0.2) is 36.5 Å². The number of sulfonamides is 1. The smallest absolute Gasteiger partial charge is 0.248 e. The Hall–Kier alpha value is -2.37. The van der Waals surface area contributed by atoms with E-state index in [-0.39, 0.29) is 5.91 Å². The third-order valence-corrected chi connectivity index (χ3v) is 6.59. The first-order valence-corrected chi connectivity index (χ1v) is 12.8. The number of carbonyl (C=O) groups is 1. The maximum absolute atomic E-state index is 11.8. The van der Waals surface area contributed by atoms with Crippen molar-refractivity contribution in [1.82, 2.24) is 19.2 Å². The summed E-state index contributed by atoms with van der Waals surface area (Å²) in [6, 6.07) is 8.60. The molecule has 4 rings (SSSR count). The average molecular weight is 512 g/mol. The summed E-state index contributed by atoms with van der Waals surface area (Å²) in [6.07, 6.45) is 2.79. The van der Waals surface area contributed by atoms with Gasteiger partial charge in [-0.15, -0.1) is 0 Å². The van der Waals surface area contributed by atoms with Crippen molar-refractivity contribution in [3.63, 3.8) is 0 Å². The van der Waals surface area contributed by atoms with Gasteiger partial charge in [0.2, 0.25) is 15.9 Å². The van der Waals surface area contributed by atoms with Gasteiger partial charge in [-0.2, -0.15) is 0 Å². The number of anilines is 1. The Morgan fingerprint density at radius 1 is 1.15 bits per heavy atom. The number of rotatable bonds is 6. The molecule has 0 atom stereocenters. The Labute approximate surface area is 201 Å². The second-order valence-corrected chi connectivity index (χ2v) is 10.5. The van der Waals surface area contributed by atoms with Crippen LogP contribution in [0.5, 0.6) is 0 Å². The number of aliphatic hydroxyl groups excluding tert-OH is 1.